The molecule has 2 aromatic carbocycles. The number of hydrogen-bond acceptors (Lipinski definition) is 7. The van der Waals surface area contributed by atoms with Gasteiger partial charge in [-0.3, -0.25) is 14.6 Å². The Bertz CT molecular complexity index is 1320. The van der Waals surface area contributed by atoms with Crippen LogP contribution < -0.4 is 24.3 Å². The number of ketones is 1. The van der Waals surface area contributed by atoms with Gasteiger partial charge in [-0.2, -0.15) is 8.78 Å². The molecule has 0 aliphatic carbocycles. The number of carbonyl (C=O) groups is 2. The third-order valence-electron chi connectivity index (χ3n) is 4.45. The Labute approximate surface area is 204 Å². The van der Waals surface area contributed by atoms with E-state index in [0.29, 0.717) is 6.07 Å². The highest BCUT2D eigenvalue weighted by atomic mass is 19.4. The molecule has 0 radical (unpaired) electrons. The predicted molar refractivity (Wildman–Crippen MR) is 115 cm³/mol. The monoisotopic (exact) mass is 530 g/mol. The number of Topliss-reactive ketones (excluding diaryl/α,β-unsaturated/α-hetero) is 1. The van der Waals surface area contributed by atoms with E-state index in [1.54, 1.807) is 0 Å². The number of nitrogens with zero attached hydrogens (tertiary/aromatic N) is 1. The van der Waals surface area contributed by atoms with Gasteiger partial charge in [0.05, 0.1) is 7.11 Å². The fraction of sp³-hybridized carbons (Fsp3) is 0.174. The zero-order chi connectivity index (χ0) is 27.3. The van der Waals surface area contributed by atoms with E-state index >= 15 is 0 Å². The Kier molecular flexibility index (Phi) is 8.10. The fourth-order valence-corrected chi connectivity index (χ4v) is 2.97. The molecule has 14 heteroatoms. The van der Waals surface area contributed by atoms with Crippen molar-refractivity contribution < 1.29 is 54.9 Å². The molecule has 0 saturated heterocycles. The van der Waals surface area contributed by atoms with Crippen LogP contribution in [0.4, 0.5) is 32.0 Å². The summed E-state index contributed by atoms with van der Waals surface area (Å²) in [6, 6.07) is 6.42. The molecule has 1 amide bonds. The minimum absolute atomic E-state index is 0.00123. The standard InChI is InChI=1S/C23H16F6N2O6/c1-11(32)16-7-12(5-6-30-16)31-21(33)20-15(24)8-14(35-22(25)26)10-19(20)36-17-4-3-13(9-18(17)34-2)37-23(27,28)29/h3-10,22H,1-2H3,(H,30,31,33). The number of nitrogens with one attached hydrogen (secondary N) is 1. The van der Waals surface area contributed by atoms with Crippen LogP contribution in [0.1, 0.15) is 27.8 Å². The number of carbonyl (C=O) groups excluding carboxylic acids is 2. The maximum atomic E-state index is 14.9. The van der Waals surface area contributed by atoms with Gasteiger partial charge in [-0.15, -0.1) is 13.2 Å². The van der Waals surface area contributed by atoms with Gasteiger partial charge in [0, 0.05) is 37.0 Å². The lowest BCUT2D eigenvalue weighted by Crippen LogP contribution is -2.17. The molecule has 0 spiro atoms. The normalized spacial score (nSPS) is 11.2. The molecule has 0 atom stereocenters. The quantitative estimate of drug-likeness (QED) is 0.269. The van der Waals surface area contributed by atoms with Crippen LogP contribution in [0.25, 0.3) is 0 Å². The van der Waals surface area contributed by atoms with Gasteiger partial charge < -0.3 is 24.3 Å². The number of anilines is 1. The van der Waals surface area contributed by atoms with E-state index in [0.717, 1.165) is 31.4 Å². The second-order valence-corrected chi connectivity index (χ2v) is 7.06. The van der Waals surface area contributed by atoms with Crippen molar-refractivity contribution in [1.29, 1.82) is 0 Å². The number of amides is 1. The van der Waals surface area contributed by atoms with Crippen molar-refractivity contribution >= 4 is 17.4 Å². The molecular formula is C23H16F6N2O6. The number of ether oxygens (including phenoxy) is 4. The molecule has 196 valence electrons. The van der Waals surface area contributed by atoms with Gasteiger partial charge in [0.1, 0.15) is 34.3 Å². The summed E-state index contributed by atoms with van der Waals surface area (Å²) in [5.74, 6) is -5.53. The maximum Gasteiger partial charge on any atom is 0.573 e. The lowest BCUT2D eigenvalue weighted by molar-refractivity contribution is -0.274. The van der Waals surface area contributed by atoms with E-state index in [1.165, 1.54) is 25.3 Å². The number of halogens is 6. The minimum Gasteiger partial charge on any atom is -0.493 e. The molecule has 0 saturated carbocycles. The number of pyridine rings is 1. The Hall–Kier alpha value is -4.49. The van der Waals surface area contributed by atoms with Crippen LogP contribution in [-0.2, 0) is 0 Å². The van der Waals surface area contributed by atoms with Gasteiger partial charge in [0.25, 0.3) is 5.91 Å². The number of benzene rings is 2. The molecular weight excluding hydrogens is 514 g/mol. The molecule has 3 aromatic rings. The summed E-state index contributed by atoms with van der Waals surface area (Å²) in [6.07, 6.45) is -3.78. The van der Waals surface area contributed by atoms with Crippen LogP contribution in [0.15, 0.2) is 48.7 Å². The summed E-state index contributed by atoms with van der Waals surface area (Å²) in [4.78, 5) is 28.3. The summed E-state index contributed by atoms with van der Waals surface area (Å²) in [5, 5.41) is 2.33. The maximum absolute atomic E-state index is 14.9. The Morgan fingerprint density at radius 3 is 2.30 bits per heavy atom. The van der Waals surface area contributed by atoms with Gasteiger partial charge in [-0.1, -0.05) is 0 Å². The van der Waals surface area contributed by atoms with Crippen molar-refractivity contribution in [2.75, 3.05) is 12.4 Å². The van der Waals surface area contributed by atoms with Gasteiger partial charge >= 0.3 is 13.0 Å². The minimum atomic E-state index is -5.00. The summed E-state index contributed by atoms with van der Waals surface area (Å²) >= 11 is 0. The number of rotatable bonds is 9. The average Bonchev–Trinajstić information content (AvgIpc) is 2.78. The van der Waals surface area contributed by atoms with Crippen molar-refractivity contribution in [3.05, 3.63) is 65.7 Å². The largest absolute Gasteiger partial charge is 0.573 e. The predicted octanol–water partition coefficient (Wildman–Crippen LogP) is 5.98. The van der Waals surface area contributed by atoms with Crippen LogP contribution in [0.5, 0.6) is 28.7 Å². The second kappa shape index (κ2) is 11.1. The van der Waals surface area contributed by atoms with Crippen molar-refractivity contribution in [3.8, 4) is 28.7 Å². The molecule has 0 fully saturated rings. The van der Waals surface area contributed by atoms with Crippen LogP contribution >= 0.6 is 0 Å². The van der Waals surface area contributed by atoms with Gasteiger partial charge in [-0.25, -0.2) is 4.39 Å². The molecule has 0 aliphatic rings. The van der Waals surface area contributed by atoms with E-state index in [1.807, 2.05) is 0 Å². The van der Waals surface area contributed by atoms with E-state index in [-0.39, 0.29) is 22.9 Å². The van der Waals surface area contributed by atoms with Crippen molar-refractivity contribution in [2.24, 2.45) is 0 Å². The molecule has 1 aromatic heterocycles. The van der Waals surface area contributed by atoms with Gasteiger partial charge in [0.2, 0.25) is 0 Å². The Morgan fingerprint density at radius 2 is 1.68 bits per heavy atom. The summed E-state index contributed by atoms with van der Waals surface area (Å²) in [5.41, 5.74) is -0.725. The lowest BCUT2D eigenvalue weighted by Gasteiger charge is -2.17. The molecule has 0 bridgehead atoms. The highest BCUT2D eigenvalue weighted by Crippen LogP contribution is 2.39. The Morgan fingerprint density at radius 1 is 0.973 bits per heavy atom. The first-order valence-corrected chi connectivity index (χ1v) is 10.0. The van der Waals surface area contributed by atoms with Crippen molar-refractivity contribution in [3.63, 3.8) is 0 Å². The van der Waals surface area contributed by atoms with Crippen LogP contribution in [0, 0.1) is 5.82 Å². The number of methoxy groups -OCH3 is 1. The summed E-state index contributed by atoms with van der Waals surface area (Å²) in [6.45, 7) is -2.11. The summed E-state index contributed by atoms with van der Waals surface area (Å²) in [7, 11) is 1.08. The van der Waals surface area contributed by atoms with E-state index in [2.05, 4.69) is 19.8 Å². The average molecular weight is 530 g/mol. The molecule has 8 nitrogen and oxygen atoms in total. The summed E-state index contributed by atoms with van der Waals surface area (Å²) < 4.78 is 96.5. The topological polar surface area (TPSA) is 96.0 Å². The van der Waals surface area contributed by atoms with Crippen LogP contribution in [0.2, 0.25) is 0 Å². The van der Waals surface area contributed by atoms with Crippen LogP contribution in [0.3, 0.4) is 0 Å². The third kappa shape index (κ3) is 7.25. The van der Waals surface area contributed by atoms with Crippen LogP contribution in [-0.4, -0.2) is 36.8 Å². The van der Waals surface area contributed by atoms with E-state index < -0.39 is 53.3 Å². The van der Waals surface area contributed by atoms with E-state index in [9.17, 15) is 35.9 Å². The SMILES string of the molecule is COc1cc(OC(F)(F)F)ccc1Oc1cc(OC(F)F)cc(F)c1C(=O)Nc1ccnc(C(C)=O)c1. The first-order valence-electron chi connectivity index (χ1n) is 10.0. The number of hydrogen-bond donors (Lipinski definition) is 1. The molecule has 1 heterocycles. The van der Waals surface area contributed by atoms with Crippen molar-refractivity contribution in [1.82, 2.24) is 4.98 Å². The molecule has 1 N–H and O–H groups in total. The smallest absolute Gasteiger partial charge is 0.493 e. The Balaban J connectivity index is 2.02. The molecule has 0 unspecified atom stereocenters. The van der Waals surface area contributed by atoms with E-state index in [4.69, 9.17) is 9.47 Å². The number of aromatic nitrogens is 1. The van der Waals surface area contributed by atoms with Crippen molar-refractivity contribution in [2.45, 2.75) is 19.9 Å². The first kappa shape index (κ1) is 27.1. The highest BCUT2D eigenvalue weighted by Gasteiger charge is 2.31. The molecule has 37 heavy (non-hydrogen) atoms. The third-order valence-corrected chi connectivity index (χ3v) is 4.45. The zero-order valence-corrected chi connectivity index (χ0v) is 18.9. The number of alkyl halides is 5. The van der Waals surface area contributed by atoms with Gasteiger partial charge in [0.15, 0.2) is 17.3 Å². The highest BCUT2D eigenvalue weighted by molar-refractivity contribution is 6.07. The zero-order valence-electron chi connectivity index (χ0n) is 18.9. The van der Waals surface area contributed by atoms with Gasteiger partial charge in [-0.05, 0) is 24.3 Å². The lowest BCUT2D eigenvalue weighted by atomic mass is 10.1. The fourth-order valence-electron chi connectivity index (χ4n) is 2.97. The molecule has 0 aliphatic heterocycles. The molecule has 3 rings (SSSR count). The first-order chi connectivity index (χ1) is 17.4. The second-order valence-electron chi connectivity index (χ2n) is 7.06.